The second-order valence-electron chi connectivity index (χ2n) is 7.12. The van der Waals surface area contributed by atoms with Crippen molar-refractivity contribution in [2.45, 2.75) is 12.5 Å². The summed E-state index contributed by atoms with van der Waals surface area (Å²) < 4.78 is 1.10. The van der Waals surface area contributed by atoms with Crippen molar-refractivity contribution in [2.75, 3.05) is 6.54 Å². The molecule has 0 unspecified atom stereocenters. The molecule has 0 amide bonds. The predicted molar refractivity (Wildman–Crippen MR) is 110 cm³/mol. The Labute approximate surface area is 169 Å². The maximum Gasteiger partial charge on any atom is 0.335 e. The Bertz CT molecular complexity index is 1350. The van der Waals surface area contributed by atoms with Gasteiger partial charge >= 0.3 is 5.69 Å². The number of aromatic amines is 2. The summed E-state index contributed by atoms with van der Waals surface area (Å²) in [6.07, 6.45) is 0.853. The highest BCUT2D eigenvalue weighted by Gasteiger charge is 2.34. The third-order valence-electron chi connectivity index (χ3n) is 5.47. The normalized spacial score (nSPS) is 16.1. The van der Waals surface area contributed by atoms with E-state index >= 15 is 0 Å². The van der Waals surface area contributed by atoms with Crippen LogP contribution < -0.4 is 16.6 Å². The van der Waals surface area contributed by atoms with Gasteiger partial charge in [-0.05, 0) is 35.9 Å². The first-order chi connectivity index (χ1) is 14.0. The number of quaternary nitrogens is 1. The number of nitrogens with zero attached hydrogens (tertiary/aromatic N) is 1. The fraction of sp³-hybridized carbons (Fsp3) is 0.143. The van der Waals surface area contributed by atoms with Crippen molar-refractivity contribution >= 4 is 22.5 Å². The van der Waals surface area contributed by atoms with Gasteiger partial charge in [0.2, 0.25) is 5.88 Å². The zero-order valence-corrected chi connectivity index (χ0v) is 16.0. The molecule has 2 aromatic carbocycles. The van der Waals surface area contributed by atoms with Crippen molar-refractivity contribution < 1.29 is 10.4 Å². The molecule has 2 aromatic heterocycles. The molecule has 3 heterocycles. The Morgan fingerprint density at radius 2 is 1.83 bits per heavy atom. The fourth-order valence-corrected chi connectivity index (χ4v) is 4.30. The summed E-state index contributed by atoms with van der Waals surface area (Å²) in [7, 11) is 0. The zero-order chi connectivity index (χ0) is 20.1. The number of aromatic nitrogens is 3. The molecular formula is C21H18ClN4O3+. The molecule has 0 radical (unpaired) electrons. The van der Waals surface area contributed by atoms with Gasteiger partial charge in [-0.2, -0.15) is 0 Å². The first kappa shape index (κ1) is 17.8. The number of para-hydroxylation sites is 1. The van der Waals surface area contributed by atoms with Gasteiger partial charge in [0.25, 0.3) is 5.56 Å². The van der Waals surface area contributed by atoms with E-state index in [0.717, 1.165) is 39.7 Å². The maximum atomic E-state index is 12.7. The van der Waals surface area contributed by atoms with Crippen LogP contribution in [0.25, 0.3) is 16.6 Å². The van der Waals surface area contributed by atoms with E-state index in [1.807, 2.05) is 29.6 Å². The van der Waals surface area contributed by atoms with Crippen LogP contribution in [0, 0.1) is 0 Å². The SMILES string of the molecule is O=c1[nH]c(=O)n(-c2ccc(Cl)cc2)c(O)c1[C@@H]1[NH2+]CCc2c1[nH]c1ccccc21. The predicted octanol–water partition coefficient (Wildman–Crippen LogP) is 1.57. The number of benzene rings is 2. The average Bonchev–Trinajstić information content (AvgIpc) is 3.09. The molecule has 1 aliphatic heterocycles. The second kappa shape index (κ2) is 6.65. The van der Waals surface area contributed by atoms with Crippen LogP contribution in [0.2, 0.25) is 5.02 Å². The van der Waals surface area contributed by atoms with Crippen molar-refractivity contribution in [3.05, 3.63) is 91.2 Å². The molecule has 7 nitrogen and oxygen atoms in total. The van der Waals surface area contributed by atoms with Crippen molar-refractivity contribution in [1.82, 2.24) is 14.5 Å². The number of fused-ring (bicyclic) bond motifs is 3. The van der Waals surface area contributed by atoms with Crippen molar-refractivity contribution in [1.29, 1.82) is 0 Å². The maximum absolute atomic E-state index is 12.7. The van der Waals surface area contributed by atoms with Crippen molar-refractivity contribution in [3.63, 3.8) is 0 Å². The minimum atomic E-state index is -0.703. The number of hydrogen-bond acceptors (Lipinski definition) is 3. The molecule has 0 saturated heterocycles. The number of nitrogens with one attached hydrogen (secondary N) is 2. The van der Waals surface area contributed by atoms with Gasteiger partial charge in [-0.3, -0.25) is 9.78 Å². The summed E-state index contributed by atoms with van der Waals surface area (Å²) >= 11 is 5.93. The largest absolute Gasteiger partial charge is 0.494 e. The highest BCUT2D eigenvalue weighted by Crippen LogP contribution is 2.32. The third kappa shape index (κ3) is 2.78. The van der Waals surface area contributed by atoms with Gasteiger partial charge in [0.05, 0.1) is 17.9 Å². The van der Waals surface area contributed by atoms with E-state index in [2.05, 4.69) is 9.97 Å². The highest BCUT2D eigenvalue weighted by atomic mass is 35.5. The fourth-order valence-electron chi connectivity index (χ4n) is 4.18. The zero-order valence-electron chi connectivity index (χ0n) is 15.3. The van der Waals surface area contributed by atoms with Gasteiger partial charge in [-0.1, -0.05) is 29.8 Å². The highest BCUT2D eigenvalue weighted by molar-refractivity contribution is 6.30. The van der Waals surface area contributed by atoms with Gasteiger partial charge < -0.3 is 15.4 Å². The third-order valence-corrected chi connectivity index (χ3v) is 5.72. The van der Waals surface area contributed by atoms with Crippen LogP contribution >= 0.6 is 11.6 Å². The standard InChI is InChI=1S/C21H17ClN4O3/c22-11-5-7-12(8-6-11)26-20(28)16(19(27)25-21(26)29)18-17-14(9-10-23-18)13-3-1-2-4-15(13)24-17/h1-8,18,23-24,28H,9-10H2,(H,25,27,29)/p+1/t18-/m0/s1. The lowest BCUT2D eigenvalue weighted by molar-refractivity contribution is -0.690. The second-order valence-corrected chi connectivity index (χ2v) is 7.56. The molecule has 146 valence electrons. The topological polar surface area (TPSA) is 107 Å². The molecule has 0 saturated carbocycles. The summed E-state index contributed by atoms with van der Waals surface area (Å²) in [5, 5.41) is 14.6. The van der Waals surface area contributed by atoms with Crippen molar-refractivity contribution in [2.24, 2.45) is 0 Å². The lowest BCUT2D eigenvalue weighted by Crippen LogP contribution is -2.87. The van der Waals surface area contributed by atoms with Gasteiger partial charge in [-0.15, -0.1) is 0 Å². The first-order valence-corrected chi connectivity index (χ1v) is 9.69. The van der Waals surface area contributed by atoms with E-state index in [1.54, 1.807) is 24.3 Å². The van der Waals surface area contributed by atoms with Crippen LogP contribution in [0.15, 0.2) is 58.1 Å². The molecule has 1 aliphatic rings. The molecular weight excluding hydrogens is 392 g/mol. The molecule has 29 heavy (non-hydrogen) atoms. The number of rotatable bonds is 2. The van der Waals surface area contributed by atoms with Gasteiger partial charge in [0, 0.05) is 22.3 Å². The van der Waals surface area contributed by atoms with E-state index in [-0.39, 0.29) is 11.4 Å². The van der Waals surface area contributed by atoms with E-state index in [4.69, 9.17) is 11.6 Å². The van der Waals surface area contributed by atoms with E-state index in [9.17, 15) is 14.7 Å². The van der Waals surface area contributed by atoms with E-state index in [0.29, 0.717) is 10.7 Å². The van der Waals surface area contributed by atoms with Crippen LogP contribution in [0.5, 0.6) is 5.88 Å². The Hall–Kier alpha value is -3.29. The Morgan fingerprint density at radius 3 is 2.62 bits per heavy atom. The lowest BCUT2D eigenvalue weighted by Gasteiger charge is -2.22. The lowest BCUT2D eigenvalue weighted by atomic mass is 9.95. The summed E-state index contributed by atoms with van der Waals surface area (Å²) in [6, 6.07) is 14.0. The Morgan fingerprint density at radius 1 is 1.07 bits per heavy atom. The Kier molecular flexibility index (Phi) is 4.08. The number of H-pyrrole nitrogens is 2. The average molecular weight is 410 g/mol. The summed E-state index contributed by atoms with van der Waals surface area (Å²) in [5.74, 6) is -0.367. The molecule has 0 spiro atoms. The monoisotopic (exact) mass is 409 g/mol. The molecule has 0 aliphatic carbocycles. The van der Waals surface area contributed by atoms with Crippen LogP contribution in [-0.4, -0.2) is 26.2 Å². The van der Waals surface area contributed by atoms with E-state index in [1.165, 1.54) is 0 Å². The van der Waals surface area contributed by atoms with Crippen molar-refractivity contribution in [3.8, 4) is 11.6 Å². The number of aromatic hydroxyl groups is 1. The molecule has 5 N–H and O–H groups in total. The smallest absolute Gasteiger partial charge is 0.335 e. The summed E-state index contributed by atoms with van der Waals surface area (Å²) in [4.78, 5) is 31.0. The van der Waals surface area contributed by atoms with Gasteiger partial charge in [0.15, 0.2) is 6.04 Å². The van der Waals surface area contributed by atoms with Gasteiger partial charge in [-0.25, -0.2) is 9.36 Å². The van der Waals surface area contributed by atoms with E-state index < -0.39 is 17.3 Å². The van der Waals surface area contributed by atoms with Crippen LogP contribution in [0.1, 0.15) is 22.9 Å². The minimum absolute atomic E-state index is 0.145. The number of hydrogen-bond donors (Lipinski definition) is 4. The molecule has 0 fully saturated rings. The number of halogens is 1. The molecule has 4 aromatic rings. The summed E-state index contributed by atoms with van der Waals surface area (Å²) in [6.45, 7) is 0.762. The van der Waals surface area contributed by atoms with Crippen LogP contribution in [-0.2, 0) is 6.42 Å². The molecule has 5 rings (SSSR count). The minimum Gasteiger partial charge on any atom is -0.494 e. The summed E-state index contributed by atoms with van der Waals surface area (Å²) in [5.41, 5.74) is 2.27. The number of nitrogens with two attached hydrogens (primary N) is 1. The van der Waals surface area contributed by atoms with Crippen LogP contribution in [0.3, 0.4) is 0 Å². The molecule has 8 heteroatoms. The molecule has 0 bridgehead atoms. The van der Waals surface area contributed by atoms with Gasteiger partial charge in [0.1, 0.15) is 5.56 Å². The Balaban J connectivity index is 1.74. The first-order valence-electron chi connectivity index (χ1n) is 9.31. The van der Waals surface area contributed by atoms with Crippen LogP contribution in [0.4, 0.5) is 0 Å². The quantitative estimate of drug-likeness (QED) is 0.403. The molecule has 1 atom stereocenters.